The van der Waals surface area contributed by atoms with Gasteiger partial charge in [0.05, 0.1) is 11.6 Å². The molecular weight excluding hydrogens is 402 g/mol. The van der Waals surface area contributed by atoms with Gasteiger partial charge in [0.2, 0.25) is 0 Å². The maximum absolute atomic E-state index is 13.0. The fourth-order valence-electron chi connectivity index (χ4n) is 3.54. The number of amides is 1. The van der Waals surface area contributed by atoms with Crippen LogP contribution in [0.5, 0.6) is 5.75 Å². The summed E-state index contributed by atoms with van der Waals surface area (Å²) in [6, 6.07) is 19.0. The Labute approximate surface area is 178 Å². The summed E-state index contributed by atoms with van der Waals surface area (Å²) in [7, 11) is 0. The number of ketones is 1. The molecule has 4 rings (SSSR count). The zero-order valence-electron chi connectivity index (χ0n) is 16.0. The minimum Gasteiger partial charge on any atom is -0.508 e. The molecule has 5 nitrogen and oxygen atoms in total. The number of anilines is 1. The molecule has 0 bridgehead atoms. The molecule has 6 heteroatoms. The van der Waals surface area contributed by atoms with Gasteiger partial charge in [-0.2, -0.15) is 0 Å². The number of benzene rings is 3. The predicted molar refractivity (Wildman–Crippen MR) is 116 cm³/mol. The van der Waals surface area contributed by atoms with E-state index in [1.54, 1.807) is 48.5 Å². The highest BCUT2D eigenvalue weighted by Gasteiger charge is 2.46. The molecule has 1 heterocycles. The van der Waals surface area contributed by atoms with E-state index in [1.165, 1.54) is 17.0 Å². The maximum atomic E-state index is 13.0. The van der Waals surface area contributed by atoms with Crippen LogP contribution in [0.3, 0.4) is 0 Å². The molecule has 1 fully saturated rings. The summed E-state index contributed by atoms with van der Waals surface area (Å²) in [5.41, 5.74) is 2.51. The monoisotopic (exact) mass is 419 g/mol. The lowest BCUT2D eigenvalue weighted by Gasteiger charge is -2.25. The normalized spacial score (nSPS) is 18.1. The number of aliphatic hydroxyl groups excluding tert-OH is 1. The van der Waals surface area contributed by atoms with Gasteiger partial charge in [0, 0.05) is 16.3 Å². The van der Waals surface area contributed by atoms with Crippen molar-refractivity contribution in [2.75, 3.05) is 4.90 Å². The fraction of sp³-hybridized carbons (Fsp3) is 0.0833. The van der Waals surface area contributed by atoms with Crippen molar-refractivity contribution in [2.45, 2.75) is 13.0 Å². The molecule has 1 saturated heterocycles. The molecule has 3 aromatic carbocycles. The van der Waals surface area contributed by atoms with E-state index in [9.17, 15) is 19.8 Å². The van der Waals surface area contributed by atoms with E-state index in [1.807, 2.05) is 19.1 Å². The fourth-order valence-corrected chi connectivity index (χ4v) is 3.67. The topological polar surface area (TPSA) is 77.8 Å². The molecule has 1 amide bonds. The Morgan fingerprint density at radius 3 is 2.10 bits per heavy atom. The maximum Gasteiger partial charge on any atom is 0.300 e. The molecule has 30 heavy (non-hydrogen) atoms. The van der Waals surface area contributed by atoms with E-state index in [2.05, 4.69) is 0 Å². The van der Waals surface area contributed by atoms with Gasteiger partial charge in [0.25, 0.3) is 11.7 Å². The molecule has 1 aliphatic rings. The third-order valence-electron chi connectivity index (χ3n) is 5.08. The van der Waals surface area contributed by atoms with Crippen LogP contribution < -0.4 is 4.90 Å². The average molecular weight is 420 g/mol. The summed E-state index contributed by atoms with van der Waals surface area (Å²) in [4.78, 5) is 27.3. The van der Waals surface area contributed by atoms with Crippen molar-refractivity contribution in [1.82, 2.24) is 0 Å². The Morgan fingerprint density at radius 2 is 1.50 bits per heavy atom. The van der Waals surface area contributed by atoms with E-state index in [-0.39, 0.29) is 17.1 Å². The molecule has 2 N–H and O–H groups in total. The number of nitrogens with zero attached hydrogens (tertiary/aromatic N) is 1. The summed E-state index contributed by atoms with van der Waals surface area (Å²) in [6.45, 7) is 1.92. The first-order valence-corrected chi connectivity index (χ1v) is 9.67. The first-order valence-electron chi connectivity index (χ1n) is 9.29. The first-order chi connectivity index (χ1) is 14.4. The number of aryl methyl sites for hydroxylation is 1. The quantitative estimate of drug-likeness (QED) is 0.356. The third-order valence-corrected chi connectivity index (χ3v) is 5.34. The molecular formula is C24H18ClNO4. The highest BCUT2D eigenvalue weighted by Crippen LogP contribution is 2.42. The number of phenolic OH excluding ortho intramolecular Hbond substituents is 1. The Bertz CT molecular complexity index is 1150. The highest BCUT2D eigenvalue weighted by molar-refractivity contribution is 6.51. The highest BCUT2D eigenvalue weighted by atomic mass is 35.5. The van der Waals surface area contributed by atoms with Crippen molar-refractivity contribution in [3.63, 3.8) is 0 Å². The van der Waals surface area contributed by atoms with Crippen LogP contribution in [0.25, 0.3) is 5.76 Å². The molecule has 3 aromatic rings. The number of hydrogen-bond donors (Lipinski definition) is 2. The van der Waals surface area contributed by atoms with Crippen LogP contribution in [0.2, 0.25) is 5.02 Å². The summed E-state index contributed by atoms with van der Waals surface area (Å²) >= 11 is 6.02. The number of aliphatic hydroxyl groups is 1. The predicted octanol–water partition coefficient (Wildman–Crippen LogP) is 4.98. The summed E-state index contributed by atoms with van der Waals surface area (Å²) in [6.07, 6.45) is 0. The summed E-state index contributed by atoms with van der Waals surface area (Å²) in [5.74, 6) is -1.73. The van der Waals surface area contributed by atoms with Gasteiger partial charge in [0.15, 0.2) is 0 Å². The lowest BCUT2D eigenvalue weighted by molar-refractivity contribution is -0.132. The summed E-state index contributed by atoms with van der Waals surface area (Å²) < 4.78 is 0. The molecule has 0 aliphatic carbocycles. The van der Waals surface area contributed by atoms with Crippen molar-refractivity contribution in [3.05, 3.63) is 100 Å². The van der Waals surface area contributed by atoms with Crippen LogP contribution in [0, 0.1) is 6.92 Å². The Balaban J connectivity index is 1.93. The zero-order chi connectivity index (χ0) is 21.4. The number of carbonyl (C=O) groups is 2. The molecule has 1 aliphatic heterocycles. The number of halogens is 1. The molecule has 0 spiro atoms. The molecule has 1 atom stereocenters. The number of rotatable bonds is 3. The van der Waals surface area contributed by atoms with E-state index in [4.69, 9.17) is 11.6 Å². The molecule has 150 valence electrons. The molecule has 0 aromatic heterocycles. The third kappa shape index (κ3) is 3.44. The van der Waals surface area contributed by atoms with Crippen molar-refractivity contribution in [2.24, 2.45) is 0 Å². The van der Waals surface area contributed by atoms with E-state index in [0.29, 0.717) is 21.8 Å². The number of Topliss-reactive ketones (excluding diaryl/α,β-unsaturated/α-hetero) is 1. The van der Waals surface area contributed by atoms with Gasteiger partial charge < -0.3 is 10.2 Å². The van der Waals surface area contributed by atoms with E-state index < -0.39 is 17.7 Å². The number of phenols is 1. The van der Waals surface area contributed by atoms with Crippen LogP contribution in [-0.4, -0.2) is 21.9 Å². The number of aromatic hydroxyl groups is 1. The molecule has 1 unspecified atom stereocenters. The van der Waals surface area contributed by atoms with Crippen LogP contribution in [0.15, 0.2) is 78.4 Å². The van der Waals surface area contributed by atoms with Crippen molar-refractivity contribution in [1.29, 1.82) is 0 Å². The minimum atomic E-state index is -0.840. The van der Waals surface area contributed by atoms with Crippen LogP contribution in [0.1, 0.15) is 22.7 Å². The van der Waals surface area contributed by atoms with E-state index >= 15 is 0 Å². The van der Waals surface area contributed by atoms with Crippen molar-refractivity contribution < 1.29 is 19.8 Å². The van der Waals surface area contributed by atoms with Crippen LogP contribution >= 0.6 is 11.6 Å². The van der Waals surface area contributed by atoms with Gasteiger partial charge in [-0.25, -0.2) is 0 Å². The summed E-state index contributed by atoms with van der Waals surface area (Å²) in [5, 5.41) is 21.1. The Hall–Kier alpha value is -3.57. The van der Waals surface area contributed by atoms with Gasteiger partial charge in [-0.05, 0) is 48.9 Å². The minimum absolute atomic E-state index is 0.000694. The Kier molecular flexibility index (Phi) is 5.06. The van der Waals surface area contributed by atoms with Crippen LogP contribution in [-0.2, 0) is 9.59 Å². The second kappa shape index (κ2) is 7.69. The molecule has 0 saturated carbocycles. The second-order valence-corrected chi connectivity index (χ2v) is 7.54. The Morgan fingerprint density at radius 1 is 0.900 bits per heavy atom. The number of carbonyl (C=O) groups excluding carboxylic acids is 2. The zero-order valence-corrected chi connectivity index (χ0v) is 16.8. The standard InChI is InChI=1S/C24H18ClNO4/c1-14-2-4-16(5-3-14)22(28)20-21(15-6-8-17(25)9-7-15)26(24(30)23(20)29)18-10-12-19(27)13-11-18/h2-13,21,27-28H,1H3/b22-20-. The van der Waals surface area contributed by atoms with E-state index in [0.717, 1.165) is 5.56 Å². The van der Waals surface area contributed by atoms with Crippen molar-refractivity contribution in [3.8, 4) is 5.75 Å². The van der Waals surface area contributed by atoms with Gasteiger partial charge in [-0.1, -0.05) is 53.6 Å². The second-order valence-electron chi connectivity index (χ2n) is 7.10. The SMILES string of the molecule is Cc1ccc(/C(O)=C2/C(=O)C(=O)N(c3ccc(O)cc3)C2c2ccc(Cl)cc2)cc1. The van der Waals surface area contributed by atoms with Gasteiger partial charge in [0.1, 0.15) is 11.5 Å². The first kappa shape index (κ1) is 19.7. The number of hydrogen-bond acceptors (Lipinski definition) is 4. The van der Waals surface area contributed by atoms with Crippen molar-refractivity contribution >= 4 is 34.7 Å². The largest absolute Gasteiger partial charge is 0.508 e. The lowest BCUT2D eigenvalue weighted by Crippen LogP contribution is -2.29. The van der Waals surface area contributed by atoms with Gasteiger partial charge in [-0.15, -0.1) is 0 Å². The van der Waals surface area contributed by atoms with Gasteiger partial charge >= 0.3 is 0 Å². The smallest absolute Gasteiger partial charge is 0.300 e. The van der Waals surface area contributed by atoms with Crippen LogP contribution in [0.4, 0.5) is 5.69 Å². The lowest BCUT2D eigenvalue weighted by atomic mass is 9.95. The van der Waals surface area contributed by atoms with Gasteiger partial charge in [-0.3, -0.25) is 14.5 Å². The average Bonchev–Trinajstić information content (AvgIpc) is 3.00. The molecule has 0 radical (unpaired) electrons.